The molecule has 1 N–H and O–H groups in total. The third-order valence-electron chi connectivity index (χ3n) is 4.94. The van der Waals surface area contributed by atoms with Gasteiger partial charge in [0.05, 0.1) is 11.8 Å². The van der Waals surface area contributed by atoms with Gasteiger partial charge in [-0.25, -0.2) is 21.9 Å². The Kier molecular flexibility index (Phi) is 6.94. The van der Waals surface area contributed by atoms with Crippen molar-refractivity contribution in [3.63, 3.8) is 0 Å². The SMILES string of the molecule is CC(C)C(=O)N1N=C(c2cc(F)ccc2F)OC1(CCCNS(C)(=O)=O)c1ccccc1. The number of halogens is 2. The average Bonchev–Trinajstić information content (AvgIpc) is 3.13. The summed E-state index contributed by atoms with van der Waals surface area (Å²) in [6.07, 6.45) is 1.49. The molecule has 172 valence electrons. The first kappa shape index (κ1) is 23.8. The lowest BCUT2D eigenvalue weighted by molar-refractivity contribution is -0.156. The molecule has 0 spiro atoms. The second kappa shape index (κ2) is 9.33. The Morgan fingerprint density at radius 1 is 1.19 bits per heavy atom. The van der Waals surface area contributed by atoms with Gasteiger partial charge < -0.3 is 4.74 Å². The molecular formula is C22H25F2N3O4S. The number of hydrogen-bond donors (Lipinski definition) is 1. The average molecular weight is 466 g/mol. The molecule has 1 unspecified atom stereocenters. The van der Waals surface area contributed by atoms with Gasteiger partial charge in [0.15, 0.2) is 0 Å². The molecule has 0 saturated carbocycles. The maximum Gasteiger partial charge on any atom is 0.249 e. The first-order valence-electron chi connectivity index (χ1n) is 10.1. The number of benzene rings is 2. The van der Waals surface area contributed by atoms with Gasteiger partial charge in [0.25, 0.3) is 0 Å². The summed E-state index contributed by atoms with van der Waals surface area (Å²) < 4.78 is 59.8. The molecule has 1 amide bonds. The Hall–Kier alpha value is -2.85. The summed E-state index contributed by atoms with van der Waals surface area (Å²) in [4.78, 5) is 13.1. The fourth-order valence-corrected chi connectivity index (χ4v) is 3.92. The quantitative estimate of drug-likeness (QED) is 0.606. The van der Waals surface area contributed by atoms with Crippen molar-refractivity contribution in [3.05, 3.63) is 71.3 Å². The summed E-state index contributed by atoms with van der Waals surface area (Å²) in [7, 11) is -3.40. The van der Waals surface area contributed by atoms with Gasteiger partial charge in [0, 0.05) is 24.4 Å². The predicted octanol–water partition coefficient (Wildman–Crippen LogP) is 3.32. The predicted molar refractivity (Wildman–Crippen MR) is 116 cm³/mol. The van der Waals surface area contributed by atoms with Gasteiger partial charge in [0.1, 0.15) is 11.6 Å². The van der Waals surface area contributed by atoms with Gasteiger partial charge >= 0.3 is 0 Å². The zero-order valence-corrected chi connectivity index (χ0v) is 18.8. The molecule has 0 saturated heterocycles. The summed E-state index contributed by atoms with van der Waals surface area (Å²) in [6.45, 7) is 3.49. The van der Waals surface area contributed by atoms with E-state index in [0.29, 0.717) is 5.56 Å². The van der Waals surface area contributed by atoms with Gasteiger partial charge in [-0.1, -0.05) is 44.2 Å². The van der Waals surface area contributed by atoms with E-state index in [4.69, 9.17) is 4.74 Å². The largest absolute Gasteiger partial charge is 0.443 e. The van der Waals surface area contributed by atoms with Crippen molar-refractivity contribution in [1.29, 1.82) is 0 Å². The highest BCUT2D eigenvalue weighted by molar-refractivity contribution is 7.88. The molecular weight excluding hydrogens is 440 g/mol. The van der Waals surface area contributed by atoms with Gasteiger partial charge in [-0.15, -0.1) is 5.10 Å². The Morgan fingerprint density at radius 2 is 1.88 bits per heavy atom. The number of carbonyl (C=O) groups excluding carboxylic acids is 1. The molecule has 0 radical (unpaired) electrons. The van der Waals surface area contributed by atoms with E-state index >= 15 is 0 Å². The number of nitrogens with one attached hydrogen (secondary N) is 1. The van der Waals surface area contributed by atoms with Crippen molar-refractivity contribution in [2.45, 2.75) is 32.4 Å². The summed E-state index contributed by atoms with van der Waals surface area (Å²) >= 11 is 0. The van der Waals surface area contributed by atoms with Crippen LogP contribution in [0.1, 0.15) is 37.8 Å². The van der Waals surface area contributed by atoms with Crippen LogP contribution in [0.3, 0.4) is 0 Å². The molecule has 2 aromatic carbocycles. The monoisotopic (exact) mass is 465 g/mol. The number of ether oxygens (including phenoxy) is 1. The lowest BCUT2D eigenvalue weighted by atomic mass is 9.95. The number of hydrazone groups is 1. The molecule has 1 atom stereocenters. The van der Waals surface area contributed by atoms with Crippen LogP contribution in [0.2, 0.25) is 0 Å². The molecule has 10 heteroatoms. The highest BCUT2D eigenvalue weighted by atomic mass is 32.2. The van der Waals surface area contributed by atoms with Crippen LogP contribution in [0.5, 0.6) is 0 Å². The lowest BCUT2D eigenvalue weighted by Gasteiger charge is -2.36. The number of amides is 1. The highest BCUT2D eigenvalue weighted by Gasteiger charge is 2.50. The van der Waals surface area contributed by atoms with Crippen molar-refractivity contribution in [2.75, 3.05) is 12.8 Å². The van der Waals surface area contributed by atoms with Gasteiger partial charge in [0.2, 0.25) is 27.6 Å². The first-order valence-corrected chi connectivity index (χ1v) is 12.0. The van der Waals surface area contributed by atoms with E-state index in [1.54, 1.807) is 44.2 Å². The number of sulfonamides is 1. The van der Waals surface area contributed by atoms with Gasteiger partial charge in [-0.3, -0.25) is 4.79 Å². The normalized spacial score (nSPS) is 18.6. The molecule has 32 heavy (non-hydrogen) atoms. The fourth-order valence-electron chi connectivity index (χ4n) is 3.40. The molecule has 1 aliphatic heterocycles. The van der Waals surface area contributed by atoms with Crippen LogP contribution in [0.15, 0.2) is 53.6 Å². The van der Waals surface area contributed by atoms with Crippen LogP contribution >= 0.6 is 0 Å². The topological polar surface area (TPSA) is 88.1 Å². The third kappa shape index (κ3) is 5.13. The summed E-state index contributed by atoms with van der Waals surface area (Å²) in [5, 5.41) is 5.43. The molecule has 0 bridgehead atoms. The Labute approximate surface area is 186 Å². The van der Waals surface area contributed by atoms with Crippen LogP contribution in [-0.4, -0.2) is 38.0 Å². The number of nitrogens with zero attached hydrogens (tertiary/aromatic N) is 2. The zero-order valence-electron chi connectivity index (χ0n) is 18.0. The number of rotatable bonds is 8. The van der Waals surface area contributed by atoms with E-state index in [1.165, 1.54) is 0 Å². The standard InChI is InChI=1S/C22H25F2N3O4S/c1-15(2)21(28)27-22(16-8-5-4-6-9-16,12-7-13-25-32(3,29)30)31-20(26-27)18-14-17(23)10-11-19(18)24/h4-6,8-11,14-15,25H,7,12-13H2,1-3H3. The summed E-state index contributed by atoms with van der Waals surface area (Å²) in [5.41, 5.74) is -1.09. The van der Waals surface area contributed by atoms with Crippen LogP contribution in [0.4, 0.5) is 8.78 Å². The molecule has 7 nitrogen and oxygen atoms in total. The second-order valence-corrected chi connectivity index (χ2v) is 9.69. The fraction of sp³-hybridized carbons (Fsp3) is 0.364. The minimum absolute atomic E-state index is 0.101. The first-order chi connectivity index (χ1) is 15.0. The van der Waals surface area contributed by atoms with Gasteiger partial charge in [-0.05, 0) is 24.6 Å². The smallest absolute Gasteiger partial charge is 0.249 e. The molecule has 2 aromatic rings. The van der Waals surface area contributed by atoms with E-state index in [-0.39, 0.29) is 36.8 Å². The summed E-state index contributed by atoms with van der Waals surface area (Å²) in [6, 6.07) is 11.7. The van der Waals surface area contributed by atoms with E-state index in [1.807, 2.05) is 0 Å². The van der Waals surface area contributed by atoms with Crippen LogP contribution in [-0.2, 0) is 25.3 Å². The lowest BCUT2D eigenvalue weighted by Crippen LogP contribution is -2.47. The van der Waals surface area contributed by atoms with E-state index in [2.05, 4.69) is 9.82 Å². The minimum Gasteiger partial charge on any atom is -0.443 e. The molecule has 0 aliphatic carbocycles. The van der Waals surface area contributed by atoms with Crippen LogP contribution in [0, 0.1) is 17.6 Å². The maximum absolute atomic E-state index is 14.5. The van der Waals surface area contributed by atoms with Crippen LogP contribution in [0.25, 0.3) is 0 Å². The molecule has 1 aliphatic rings. The number of carbonyl (C=O) groups is 1. The Morgan fingerprint density at radius 3 is 2.50 bits per heavy atom. The van der Waals surface area contributed by atoms with Crippen molar-refractivity contribution >= 4 is 21.8 Å². The molecule has 3 rings (SSSR count). The van der Waals surface area contributed by atoms with E-state index in [9.17, 15) is 22.0 Å². The van der Waals surface area contributed by atoms with E-state index in [0.717, 1.165) is 29.5 Å². The maximum atomic E-state index is 14.5. The van der Waals surface area contributed by atoms with E-state index < -0.39 is 33.3 Å². The van der Waals surface area contributed by atoms with Crippen molar-refractivity contribution in [2.24, 2.45) is 11.0 Å². The van der Waals surface area contributed by atoms with Crippen molar-refractivity contribution in [1.82, 2.24) is 9.73 Å². The Balaban J connectivity index is 2.06. The Bertz CT molecular complexity index is 1120. The molecule has 1 heterocycles. The molecule has 0 fully saturated rings. The highest BCUT2D eigenvalue weighted by Crippen LogP contribution is 2.41. The third-order valence-corrected chi connectivity index (χ3v) is 5.67. The van der Waals surface area contributed by atoms with Crippen molar-refractivity contribution in [3.8, 4) is 0 Å². The van der Waals surface area contributed by atoms with Crippen LogP contribution < -0.4 is 4.72 Å². The summed E-state index contributed by atoms with van der Waals surface area (Å²) in [5.74, 6) is -2.49. The number of hydrogen-bond acceptors (Lipinski definition) is 5. The molecule has 0 aromatic heterocycles. The van der Waals surface area contributed by atoms with Crippen molar-refractivity contribution < 1.29 is 26.7 Å². The second-order valence-electron chi connectivity index (χ2n) is 7.86. The van der Waals surface area contributed by atoms with Gasteiger partial charge in [-0.2, -0.15) is 5.01 Å². The zero-order chi connectivity index (χ0) is 23.5. The minimum atomic E-state index is -3.40.